The summed E-state index contributed by atoms with van der Waals surface area (Å²) >= 11 is 0. The largest absolute Gasteiger partial charge is 0.493 e. The number of hydrogen-bond donors (Lipinski definition) is 3. The monoisotopic (exact) mass is 482 g/mol. The minimum Gasteiger partial charge on any atom is -0.493 e. The first-order chi connectivity index (χ1) is 17.0. The maximum Gasteiger partial charge on any atom is 0.328 e. The topological polar surface area (TPSA) is 131 Å². The summed E-state index contributed by atoms with van der Waals surface area (Å²) in [4.78, 5) is 19.1. The molecule has 0 unspecified atom stereocenters. The Morgan fingerprint density at radius 3 is 2.40 bits per heavy atom. The van der Waals surface area contributed by atoms with E-state index in [0.29, 0.717) is 24.7 Å². The fourth-order valence-electron chi connectivity index (χ4n) is 4.00. The van der Waals surface area contributed by atoms with Crippen LogP contribution in [0.25, 0.3) is 11.0 Å². The minimum absolute atomic E-state index is 0.485. The van der Waals surface area contributed by atoms with E-state index < -0.39 is 11.9 Å². The fourth-order valence-corrected chi connectivity index (χ4v) is 4.00. The van der Waals surface area contributed by atoms with E-state index in [1.165, 1.54) is 10.9 Å². The molecule has 3 N–H and O–H groups in total. The first-order valence-corrected chi connectivity index (χ1v) is 11.5. The molecule has 1 aliphatic heterocycles. The number of benzene rings is 2. The molecule has 1 saturated heterocycles. The number of carboxylic acid groups (broad SMARTS) is 2. The highest BCUT2D eigenvalue weighted by Gasteiger charge is 2.23. The molecule has 9 heteroatoms. The molecule has 0 aliphatic carbocycles. The summed E-state index contributed by atoms with van der Waals surface area (Å²) in [5.74, 6) is -0.469. The molecule has 9 nitrogen and oxygen atoms in total. The summed E-state index contributed by atoms with van der Waals surface area (Å²) in [6.07, 6.45) is 5.21. The Kier molecular flexibility index (Phi) is 9.68. The molecular formula is C26H30N2O7. The van der Waals surface area contributed by atoms with Crippen LogP contribution in [0.5, 0.6) is 11.5 Å². The number of methoxy groups -OCH3 is 1. The van der Waals surface area contributed by atoms with Gasteiger partial charge in [0.05, 0.1) is 19.4 Å². The van der Waals surface area contributed by atoms with Gasteiger partial charge in [0.2, 0.25) is 0 Å². The van der Waals surface area contributed by atoms with Crippen molar-refractivity contribution in [2.75, 3.05) is 26.8 Å². The molecule has 2 heterocycles. The number of fused-ring (bicyclic) bond motifs is 1. The average Bonchev–Trinajstić information content (AvgIpc) is 3.31. The summed E-state index contributed by atoms with van der Waals surface area (Å²) in [5.41, 5.74) is 3.32. The number of rotatable bonds is 9. The number of nitrogens with one attached hydrogen (secondary N) is 1. The van der Waals surface area contributed by atoms with Gasteiger partial charge < -0.3 is 29.5 Å². The number of para-hydroxylation sites is 2. The van der Waals surface area contributed by atoms with Crippen molar-refractivity contribution in [1.82, 2.24) is 10.5 Å². The molecule has 1 aliphatic rings. The third-order valence-electron chi connectivity index (χ3n) is 5.62. The summed E-state index contributed by atoms with van der Waals surface area (Å²) < 4.78 is 16.9. The molecule has 2 aromatic carbocycles. The molecule has 1 aromatic heterocycles. The standard InChI is InChI=1S/C22H26N2O3.C4H4O4/c1-25-18-8-2-3-9-19(18)26-15-5-7-16-6-4-10-20-21(16)22(24-27-20)17-11-13-23-14-12-17;5-3(6)1-2-4(7)8/h2-4,6,8-10,17,23H,5,7,11-15H2,1H3;1-2H,(H,5,6)(H,7,8). The van der Waals surface area contributed by atoms with Gasteiger partial charge in [-0.2, -0.15) is 0 Å². The number of piperidine rings is 1. The summed E-state index contributed by atoms with van der Waals surface area (Å²) in [6.45, 7) is 2.74. The molecule has 0 amide bonds. The van der Waals surface area contributed by atoms with Gasteiger partial charge in [-0.05, 0) is 62.5 Å². The zero-order valence-electron chi connectivity index (χ0n) is 19.6. The van der Waals surface area contributed by atoms with Gasteiger partial charge in [0.1, 0.15) is 0 Å². The summed E-state index contributed by atoms with van der Waals surface area (Å²) in [7, 11) is 1.66. The second-order valence-corrected chi connectivity index (χ2v) is 8.00. The van der Waals surface area contributed by atoms with Crippen molar-refractivity contribution < 1.29 is 33.8 Å². The van der Waals surface area contributed by atoms with Crippen LogP contribution in [0.3, 0.4) is 0 Å². The first-order valence-electron chi connectivity index (χ1n) is 11.5. The van der Waals surface area contributed by atoms with E-state index in [9.17, 15) is 9.59 Å². The lowest BCUT2D eigenvalue weighted by Gasteiger charge is -2.21. The van der Waals surface area contributed by atoms with Crippen LogP contribution in [0, 0.1) is 0 Å². The highest BCUT2D eigenvalue weighted by molar-refractivity contribution is 5.89. The Balaban J connectivity index is 0.000000371. The average molecular weight is 483 g/mol. The lowest BCUT2D eigenvalue weighted by Crippen LogP contribution is -2.26. The molecular weight excluding hydrogens is 452 g/mol. The Hall–Kier alpha value is -3.85. The highest BCUT2D eigenvalue weighted by Crippen LogP contribution is 2.33. The van der Waals surface area contributed by atoms with E-state index in [1.54, 1.807) is 7.11 Å². The number of ether oxygens (including phenoxy) is 2. The Morgan fingerprint density at radius 2 is 1.74 bits per heavy atom. The summed E-state index contributed by atoms with van der Waals surface area (Å²) in [6, 6.07) is 14.0. The van der Waals surface area contributed by atoms with Crippen molar-refractivity contribution in [2.24, 2.45) is 0 Å². The zero-order chi connectivity index (χ0) is 25.0. The van der Waals surface area contributed by atoms with Gasteiger partial charge >= 0.3 is 11.9 Å². The fraction of sp³-hybridized carbons (Fsp3) is 0.346. The second kappa shape index (κ2) is 13.1. The van der Waals surface area contributed by atoms with Gasteiger partial charge in [-0.1, -0.05) is 29.4 Å². The van der Waals surface area contributed by atoms with Crippen LogP contribution in [0.2, 0.25) is 0 Å². The molecule has 0 spiro atoms. The number of aromatic nitrogens is 1. The van der Waals surface area contributed by atoms with Crippen molar-refractivity contribution in [1.29, 1.82) is 0 Å². The number of nitrogens with zero attached hydrogens (tertiary/aromatic N) is 1. The molecule has 35 heavy (non-hydrogen) atoms. The van der Waals surface area contributed by atoms with Crippen molar-refractivity contribution in [3.05, 3.63) is 65.9 Å². The molecule has 3 aromatic rings. The predicted octanol–water partition coefficient (Wildman–Crippen LogP) is 4.03. The SMILES string of the molecule is COc1ccccc1OCCCc1cccc2onc(C3CCNCC3)c12.O=C(O)C=CC(=O)O. The van der Waals surface area contributed by atoms with E-state index in [4.69, 9.17) is 24.2 Å². The van der Waals surface area contributed by atoms with Crippen LogP contribution in [0.1, 0.15) is 36.4 Å². The van der Waals surface area contributed by atoms with E-state index in [2.05, 4.69) is 22.6 Å². The van der Waals surface area contributed by atoms with Crippen LogP contribution < -0.4 is 14.8 Å². The van der Waals surface area contributed by atoms with E-state index in [1.807, 2.05) is 30.3 Å². The van der Waals surface area contributed by atoms with Crippen molar-refractivity contribution in [2.45, 2.75) is 31.6 Å². The highest BCUT2D eigenvalue weighted by atomic mass is 16.5. The number of carbonyl (C=O) groups is 2. The maximum absolute atomic E-state index is 9.55. The van der Waals surface area contributed by atoms with Crippen LogP contribution in [-0.2, 0) is 16.0 Å². The Labute approximate surface area is 203 Å². The third-order valence-corrected chi connectivity index (χ3v) is 5.62. The van der Waals surface area contributed by atoms with Gasteiger partial charge in [0, 0.05) is 23.5 Å². The maximum atomic E-state index is 9.55. The van der Waals surface area contributed by atoms with Crippen LogP contribution in [-0.4, -0.2) is 54.1 Å². The zero-order valence-corrected chi connectivity index (χ0v) is 19.6. The van der Waals surface area contributed by atoms with Crippen molar-refractivity contribution in [3.63, 3.8) is 0 Å². The molecule has 0 bridgehead atoms. The third kappa shape index (κ3) is 7.58. The van der Waals surface area contributed by atoms with Crippen LogP contribution >= 0.6 is 0 Å². The van der Waals surface area contributed by atoms with Gasteiger partial charge in [-0.3, -0.25) is 0 Å². The lowest BCUT2D eigenvalue weighted by molar-refractivity contribution is -0.134. The smallest absolute Gasteiger partial charge is 0.328 e. The predicted molar refractivity (Wildman–Crippen MR) is 130 cm³/mol. The van der Waals surface area contributed by atoms with Gasteiger partial charge in [0.25, 0.3) is 0 Å². The molecule has 0 radical (unpaired) electrons. The van der Waals surface area contributed by atoms with Gasteiger partial charge in [-0.15, -0.1) is 0 Å². The molecule has 1 fully saturated rings. The second-order valence-electron chi connectivity index (χ2n) is 8.00. The van der Waals surface area contributed by atoms with E-state index in [0.717, 1.165) is 61.5 Å². The Bertz CT molecular complexity index is 1130. The van der Waals surface area contributed by atoms with Crippen LogP contribution in [0.15, 0.2) is 59.1 Å². The molecule has 0 saturated carbocycles. The van der Waals surface area contributed by atoms with Crippen molar-refractivity contribution in [3.8, 4) is 11.5 Å². The lowest BCUT2D eigenvalue weighted by atomic mass is 9.90. The summed E-state index contributed by atoms with van der Waals surface area (Å²) in [5, 5.41) is 24.7. The van der Waals surface area contributed by atoms with Gasteiger partial charge in [0.15, 0.2) is 17.1 Å². The van der Waals surface area contributed by atoms with E-state index >= 15 is 0 Å². The molecule has 4 rings (SSSR count). The minimum atomic E-state index is -1.26. The number of hydrogen-bond acceptors (Lipinski definition) is 7. The molecule has 0 atom stereocenters. The number of aliphatic carboxylic acids is 2. The van der Waals surface area contributed by atoms with E-state index in [-0.39, 0.29) is 0 Å². The van der Waals surface area contributed by atoms with Crippen LogP contribution in [0.4, 0.5) is 0 Å². The quantitative estimate of drug-likeness (QED) is 0.305. The number of carboxylic acids is 2. The Morgan fingerprint density at radius 1 is 1.06 bits per heavy atom. The van der Waals surface area contributed by atoms with Crippen molar-refractivity contribution >= 4 is 22.9 Å². The molecule has 186 valence electrons. The van der Waals surface area contributed by atoms with Gasteiger partial charge in [-0.25, -0.2) is 9.59 Å². The first kappa shape index (κ1) is 25.8. The number of aryl methyl sites for hydroxylation is 1. The normalized spacial score (nSPS) is 13.9.